The molecule has 100 valence electrons. The maximum atomic E-state index is 12.2. The molecule has 1 rings (SSSR count). The molecule has 0 aliphatic heterocycles. The Bertz CT molecular complexity index is 526. The van der Waals surface area contributed by atoms with Gasteiger partial charge in [0.2, 0.25) is 10.0 Å². The van der Waals surface area contributed by atoms with E-state index in [9.17, 15) is 13.2 Å². The number of benzene rings is 1. The van der Waals surface area contributed by atoms with Gasteiger partial charge in [0.05, 0.1) is 10.5 Å². The molecule has 1 amide bonds. The third kappa shape index (κ3) is 3.30. The zero-order valence-corrected chi connectivity index (χ0v) is 11.4. The summed E-state index contributed by atoms with van der Waals surface area (Å²) in [5.41, 5.74) is 0.135. The van der Waals surface area contributed by atoms with Gasteiger partial charge in [0.25, 0.3) is 5.91 Å². The van der Waals surface area contributed by atoms with Crippen LogP contribution in [0.25, 0.3) is 0 Å². The number of carbonyl (C=O) groups is 1. The van der Waals surface area contributed by atoms with Gasteiger partial charge >= 0.3 is 0 Å². The molecule has 0 spiro atoms. The Hall–Kier alpha value is -1.40. The lowest BCUT2D eigenvalue weighted by molar-refractivity contribution is 0.0760. The molecule has 6 heteroatoms. The summed E-state index contributed by atoms with van der Waals surface area (Å²) in [5, 5.41) is 5.11. The van der Waals surface area contributed by atoms with Crippen LogP contribution in [-0.2, 0) is 10.0 Å². The molecule has 0 fully saturated rings. The molecule has 5 nitrogen and oxygen atoms in total. The molecule has 0 radical (unpaired) electrons. The van der Waals surface area contributed by atoms with E-state index in [-0.39, 0.29) is 16.4 Å². The summed E-state index contributed by atoms with van der Waals surface area (Å²) in [5.74, 6) is -0.302. The van der Waals surface area contributed by atoms with Crippen molar-refractivity contribution in [1.82, 2.24) is 4.90 Å². The Kier molecular flexibility index (Phi) is 4.86. The first-order valence-corrected chi connectivity index (χ1v) is 7.37. The van der Waals surface area contributed by atoms with Crippen LogP contribution >= 0.6 is 0 Å². The van der Waals surface area contributed by atoms with Crippen LogP contribution in [0.3, 0.4) is 0 Å². The van der Waals surface area contributed by atoms with E-state index < -0.39 is 10.0 Å². The minimum Gasteiger partial charge on any atom is -0.339 e. The first-order valence-electron chi connectivity index (χ1n) is 5.82. The Morgan fingerprint density at radius 3 is 2.39 bits per heavy atom. The lowest BCUT2D eigenvalue weighted by atomic mass is 10.2. The highest BCUT2D eigenvalue weighted by molar-refractivity contribution is 7.89. The Morgan fingerprint density at radius 2 is 1.89 bits per heavy atom. The van der Waals surface area contributed by atoms with Crippen molar-refractivity contribution < 1.29 is 13.2 Å². The van der Waals surface area contributed by atoms with E-state index in [4.69, 9.17) is 5.14 Å². The first-order chi connectivity index (χ1) is 8.41. The number of nitrogens with two attached hydrogens (primary N) is 1. The van der Waals surface area contributed by atoms with Gasteiger partial charge in [-0.1, -0.05) is 19.1 Å². The Morgan fingerprint density at radius 1 is 1.28 bits per heavy atom. The summed E-state index contributed by atoms with van der Waals surface area (Å²) in [7, 11) is -3.88. The second-order valence-corrected chi connectivity index (χ2v) is 5.46. The Balaban J connectivity index is 3.21. The van der Waals surface area contributed by atoms with Crippen molar-refractivity contribution >= 4 is 15.9 Å². The molecule has 0 aliphatic rings. The quantitative estimate of drug-likeness (QED) is 0.873. The average Bonchev–Trinajstić information content (AvgIpc) is 2.34. The van der Waals surface area contributed by atoms with Crippen molar-refractivity contribution in [3.05, 3.63) is 29.8 Å². The minimum absolute atomic E-state index is 0.121. The number of primary sulfonamides is 1. The van der Waals surface area contributed by atoms with Gasteiger partial charge in [0, 0.05) is 13.1 Å². The highest BCUT2D eigenvalue weighted by Gasteiger charge is 2.21. The number of sulfonamides is 1. The number of hydrogen-bond acceptors (Lipinski definition) is 3. The third-order valence-corrected chi connectivity index (χ3v) is 3.56. The van der Waals surface area contributed by atoms with E-state index in [0.29, 0.717) is 13.1 Å². The highest BCUT2D eigenvalue weighted by Crippen LogP contribution is 2.16. The molecule has 18 heavy (non-hydrogen) atoms. The zero-order valence-electron chi connectivity index (χ0n) is 10.6. The number of amides is 1. The second-order valence-electron chi connectivity index (χ2n) is 3.93. The minimum atomic E-state index is -3.88. The number of nitrogens with zero attached hydrogens (tertiary/aromatic N) is 1. The van der Waals surface area contributed by atoms with E-state index >= 15 is 0 Å². The van der Waals surface area contributed by atoms with Gasteiger partial charge in [-0.15, -0.1) is 0 Å². The topological polar surface area (TPSA) is 80.5 Å². The molecule has 0 saturated carbocycles. The smallest absolute Gasteiger partial charge is 0.255 e. The molecule has 0 aliphatic carbocycles. The second kappa shape index (κ2) is 5.97. The maximum Gasteiger partial charge on any atom is 0.255 e. The lowest BCUT2D eigenvalue weighted by Gasteiger charge is -2.21. The third-order valence-electron chi connectivity index (χ3n) is 2.59. The van der Waals surface area contributed by atoms with Crippen molar-refractivity contribution in [2.45, 2.75) is 25.2 Å². The van der Waals surface area contributed by atoms with E-state index in [1.165, 1.54) is 12.1 Å². The summed E-state index contributed by atoms with van der Waals surface area (Å²) in [6.45, 7) is 4.94. The van der Waals surface area contributed by atoms with Gasteiger partial charge in [-0.05, 0) is 25.5 Å². The fraction of sp³-hybridized carbons (Fsp3) is 0.417. The number of rotatable bonds is 5. The van der Waals surface area contributed by atoms with Crippen LogP contribution in [0.4, 0.5) is 0 Å². The fourth-order valence-electron chi connectivity index (χ4n) is 1.73. The van der Waals surface area contributed by atoms with Crippen molar-refractivity contribution in [2.24, 2.45) is 5.14 Å². The molecule has 0 bridgehead atoms. The first kappa shape index (κ1) is 14.7. The van der Waals surface area contributed by atoms with Crippen molar-refractivity contribution in [3.8, 4) is 0 Å². The van der Waals surface area contributed by atoms with Gasteiger partial charge in [-0.25, -0.2) is 13.6 Å². The molecule has 0 saturated heterocycles. The normalized spacial score (nSPS) is 11.3. The van der Waals surface area contributed by atoms with Crippen LogP contribution in [-0.4, -0.2) is 32.3 Å². The molecule has 0 atom stereocenters. The largest absolute Gasteiger partial charge is 0.339 e. The highest BCUT2D eigenvalue weighted by atomic mass is 32.2. The number of hydrogen-bond donors (Lipinski definition) is 1. The van der Waals surface area contributed by atoms with Gasteiger partial charge in [-0.2, -0.15) is 0 Å². The molecule has 1 aromatic carbocycles. The molecular weight excluding hydrogens is 252 g/mol. The fourth-order valence-corrected chi connectivity index (χ4v) is 2.47. The lowest BCUT2D eigenvalue weighted by Crippen LogP contribution is -2.33. The van der Waals surface area contributed by atoms with Crippen LogP contribution < -0.4 is 5.14 Å². The van der Waals surface area contributed by atoms with Gasteiger partial charge in [0.1, 0.15) is 0 Å². The van der Waals surface area contributed by atoms with Crippen LogP contribution in [0.5, 0.6) is 0 Å². The Labute approximate surface area is 108 Å². The molecule has 1 aromatic rings. The van der Waals surface area contributed by atoms with Gasteiger partial charge < -0.3 is 4.90 Å². The number of carbonyl (C=O) groups excluding carboxylic acids is 1. The molecular formula is C12H18N2O3S. The van der Waals surface area contributed by atoms with E-state index in [1.807, 2.05) is 13.8 Å². The summed E-state index contributed by atoms with van der Waals surface area (Å²) in [6, 6.07) is 6.01. The van der Waals surface area contributed by atoms with E-state index in [2.05, 4.69) is 0 Å². The van der Waals surface area contributed by atoms with Gasteiger partial charge in [-0.3, -0.25) is 4.79 Å². The van der Waals surface area contributed by atoms with Crippen molar-refractivity contribution in [3.63, 3.8) is 0 Å². The zero-order chi connectivity index (χ0) is 13.8. The van der Waals surface area contributed by atoms with Gasteiger partial charge in [0.15, 0.2) is 0 Å². The summed E-state index contributed by atoms with van der Waals surface area (Å²) in [4.78, 5) is 13.7. The molecule has 2 N–H and O–H groups in total. The van der Waals surface area contributed by atoms with Crippen molar-refractivity contribution in [2.75, 3.05) is 13.1 Å². The predicted molar refractivity (Wildman–Crippen MR) is 69.7 cm³/mol. The SMILES string of the molecule is CCCN(CC)C(=O)c1ccccc1S(N)(=O)=O. The molecule has 0 unspecified atom stereocenters. The van der Waals surface area contributed by atoms with E-state index in [1.54, 1.807) is 17.0 Å². The maximum absolute atomic E-state index is 12.2. The predicted octanol–water partition coefficient (Wildman–Crippen LogP) is 1.21. The van der Waals surface area contributed by atoms with Crippen LogP contribution in [0.2, 0.25) is 0 Å². The monoisotopic (exact) mass is 270 g/mol. The summed E-state index contributed by atoms with van der Waals surface area (Å²) < 4.78 is 22.9. The van der Waals surface area contributed by atoms with E-state index in [0.717, 1.165) is 6.42 Å². The standard InChI is InChI=1S/C12H18N2O3S/c1-3-9-14(4-2)12(15)10-7-5-6-8-11(10)18(13,16)17/h5-8H,3-4,9H2,1-2H3,(H2,13,16,17). The van der Waals surface area contributed by atoms with Crippen LogP contribution in [0.15, 0.2) is 29.2 Å². The van der Waals surface area contributed by atoms with Crippen molar-refractivity contribution in [1.29, 1.82) is 0 Å². The average molecular weight is 270 g/mol. The molecule has 0 aromatic heterocycles. The van der Waals surface area contributed by atoms with Crippen LogP contribution in [0.1, 0.15) is 30.6 Å². The molecule has 0 heterocycles. The summed E-state index contributed by atoms with van der Waals surface area (Å²) >= 11 is 0. The van der Waals surface area contributed by atoms with Crippen LogP contribution in [0, 0.1) is 0 Å². The summed E-state index contributed by atoms with van der Waals surface area (Å²) in [6.07, 6.45) is 0.817.